The molecule has 0 aliphatic heterocycles. The molecule has 1 heterocycles. The molecule has 0 saturated carbocycles. The Kier molecular flexibility index (Phi) is 5.15. The number of thiazole rings is 1. The molecule has 0 aliphatic carbocycles. The number of carbonyl (C=O) groups excluding carboxylic acids is 2. The van der Waals surface area contributed by atoms with Crippen LogP contribution in [0.3, 0.4) is 0 Å². The van der Waals surface area contributed by atoms with Crippen LogP contribution in [0, 0.1) is 5.82 Å². The van der Waals surface area contributed by atoms with E-state index in [0.29, 0.717) is 5.69 Å². The van der Waals surface area contributed by atoms with Gasteiger partial charge in [0.05, 0.1) is 12.1 Å². The number of hydrogen-bond donors (Lipinski definition) is 2. The summed E-state index contributed by atoms with van der Waals surface area (Å²) in [5.74, 6) is -1.34. The van der Waals surface area contributed by atoms with E-state index in [-0.39, 0.29) is 17.9 Å². The zero-order valence-corrected chi connectivity index (χ0v) is 13.8. The van der Waals surface area contributed by atoms with Crippen molar-refractivity contribution >= 4 is 23.2 Å². The molecule has 2 N–H and O–H groups in total. The third kappa shape index (κ3) is 4.48. The summed E-state index contributed by atoms with van der Waals surface area (Å²) in [6, 6.07) is 14.7. The minimum absolute atomic E-state index is 0.0486. The van der Waals surface area contributed by atoms with Crippen LogP contribution in [0.1, 0.15) is 16.1 Å². The van der Waals surface area contributed by atoms with Crippen LogP contribution >= 0.6 is 11.3 Å². The molecule has 25 heavy (non-hydrogen) atoms. The molecule has 0 fully saturated rings. The van der Waals surface area contributed by atoms with E-state index in [1.54, 1.807) is 0 Å². The van der Waals surface area contributed by atoms with Gasteiger partial charge in [0.2, 0.25) is 5.91 Å². The SMILES string of the molecule is O=C(Cc1csc(-c2ccccc2)n1)NNC(=O)c1ccc(F)cc1. The van der Waals surface area contributed by atoms with Gasteiger partial charge in [-0.15, -0.1) is 11.3 Å². The summed E-state index contributed by atoms with van der Waals surface area (Å²) in [7, 11) is 0. The van der Waals surface area contributed by atoms with Gasteiger partial charge in [-0.3, -0.25) is 20.4 Å². The summed E-state index contributed by atoms with van der Waals surface area (Å²) in [5, 5.41) is 2.64. The van der Waals surface area contributed by atoms with Crippen LogP contribution in [-0.4, -0.2) is 16.8 Å². The molecule has 0 radical (unpaired) electrons. The smallest absolute Gasteiger partial charge is 0.269 e. The number of carbonyl (C=O) groups is 2. The number of benzene rings is 2. The fraction of sp³-hybridized carbons (Fsp3) is 0.0556. The predicted molar refractivity (Wildman–Crippen MR) is 93.3 cm³/mol. The number of nitrogens with one attached hydrogen (secondary N) is 2. The maximum atomic E-state index is 12.8. The first-order chi connectivity index (χ1) is 12.1. The Morgan fingerprint density at radius 3 is 2.44 bits per heavy atom. The van der Waals surface area contributed by atoms with Crippen LogP contribution < -0.4 is 10.9 Å². The first-order valence-corrected chi connectivity index (χ1v) is 8.34. The molecule has 2 aromatic carbocycles. The summed E-state index contributed by atoms with van der Waals surface area (Å²) in [6.07, 6.45) is 0.0486. The van der Waals surface area contributed by atoms with Crippen molar-refractivity contribution < 1.29 is 14.0 Å². The minimum atomic E-state index is -0.517. The summed E-state index contributed by atoms with van der Waals surface area (Å²) in [5.41, 5.74) is 6.48. The van der Waals surface area contributed by atoms with E-state index in [1.807, 2.05) is 35.7 Å². The van der Waals surface area contributed by atoms with Crippen LogP contribution in [0.2, 0.25) is 0 Å². The van der Waals surface area contributed by atoms with Gasteiger partial charge in [0.15, 0.2) is 0 Å². The van der Waals surface area contributed by atoms with Gasteiger partial charge in [-0.1, -0.05) is 30.3 Å². The predicted octanol–water partition coefficient (Wildman–Crippen LogP) is 2.95. The maximum Gasteiger partial charge on any atom is 0.269 e. The van der Waals surface area contributed by atoms with E-state index in [1.165, 1.54) is 35.6 Å². The van der Waals surface area contributed by atoms with Gasteiger partial charge in [0.1, 0.15) is 10.8 Å². The molecule has 126 valence electrons. The maximum absolute atomic E-state index is 12.8. The van der Waals surface area contributed by atoms with Gasteiger partial charge < -0.3 is 0 Å². The van der Waals surface area contributed by atoms with Gasteiger partial charge in [-0.05, 0) is 24.3 Å². The van der Waals surface area contributed by atoms with Crippen molar-refractivity contribution in [2.45, 2.75) is 6.42 Å². The quantitative estimate of drug-likeness (QED) is 0.707. The zero-order chi connectivity index (χ0) is 17.6. The third-order valence-corrected chi connectivity index (χ3v) is 4.28. The van der Waals surface area contributed by atoms with E-state index in [2.05, 4.69) is 15.8 Å². The lowest BCUT2D eigenvalue weighted by atomic mass is 10.2. The average Bonchev–Trinajstić information content (AvgIpc) is 3.09. The molecule has 1 aromatic heterocycles. The van der Waals surface area contributed by atoms with Gasteiger partial charge in [-0.2, -0.15) is 0 Å². The highest BCUT2D eigenvalue weighted by molar-refractivity contribution is 7.13. The Morgan fingerprint density at radius 1 is 1.00 bits per heavy atom. The highest BCUT2D eigenvalue weighted by atomic mass is 32.1. The van der Waals surface area contributed by atoms with Crippen molar-refractivity contribution in [2.24, 2.45) is 0 Å². The number of aromatic nitrogens is 1. The number of hydrogen-bond acceptors (Lipinski definition) is 4. The molecule has 2 amide bonds. The van der Waals surface area contributed by atoms with E-state index in [0.717, 1.165) is 10.6 Å². The van der Waals surface area contributed by atoms with Crippen molar-refractivity contribution in [1.29, 1.82) is 0 Å². The first-order valence-electron chi connectivity index (χ1n) is 7.46. The fourth-order valence-electron chi connectivity index (χ4n) is 2.11. The molecule has 0 bridgehead atoms. The second-order valence-electron chi connectivity index (χ2n) is 5.20. The molecule has 5 nitrogen and oxygen atoms in total. The fourth-order valence-corrected chi connectivity index (χ4v) is 2.94. The Bertz CT molecular complexity index is 879. The van der Waals surface area contributed by atoms with Crippen molar-refractivity contribution in [1.82, 2.24) is 15.8 Å². The second kappa shape index (κ2) is 7.67. The summed E-state index contributed by atoms with van der Waals surface area (Å²) >= 11 is 1.45. The Balaban J connectivity index is 1.54. The van der Waals surface area contributed by atoms with Gasteiger partial charge in [0.25, 0.3) is 5.91 Å². The summed E-state index contributed by atoms with van der Waals surface area (Å²) in [4.78, 5) is 28.2. The van der Waals surface area contributed by atoms with Crippen molar-refractivity contribution in [3.63, 3.8) is 0 Å². The summed E-state index contributed by atoms with van der Waals surface area (Å²) in [6.45, 7) is 0. The standard InChI is InChI=1S/C18H14FN3O2S/c19-14-8-6-12(7-9-14)17(24)22-21-16(23)10-15-11-25-18(20-15)13-4-2-1-3-5-13/h1-9,11H,10H2,(H,21,23)(H,22,24). The minimum Gasteiger partial charge on any atom is -0.273 e. The number of hydrazine groups is 1. The van der Waals surface area contributed by atoms with Gasteiger partial charge >= 0.3 is 0 Å². The third-order valence-electron chi connectivity index (χ3n) is 3.34. The van der Waals surface area contributed by atoms with Crippen molar-refractivity contribution in [3.8, 4) is 10.6 Å². The lowest BCUT2D eigenvalue weighted by Gasteiger charge is -2.06. The van der Waals surface area contributed by atoms with Crippen molar-refractivity contribution in [2.75, 3.05) is 0 Å². The van der Waals surface area contributed by atoms with E-state index >= 15 is 0 Å². The highest BCUT2D eigenvalue weighted by Crippen LogP contribution is 2.23. The Morgan fingerprint density at radius 2 is 1.72 bits per heavy atom. The topological polar surface area (TPSA) is 71.1 Å². The number of rotatable bonds is 4. The van der Waals surface area contributed by atoms with Crippen LogP contribution in [0.4, 0.5) is 4.39 Å². The Labute approximate surface area is 147 Å². The molecule has 3 rings (SSSR count). The molecule has 0 atom stereocenters. The van der Waals surface area contributed by atoms with Crippen LogP contribution in [0.15, 0.2) is 60.0 Å². The van der Waals surface area contributed by atoms with Gasteiger partial charge in [-0.25, -0.2) is 9.37 Å². The number of amides is 2. The Hall–Kier alpha value is -3.06. The largest absolute Gasteiger partial charge is 0.273 e. The lowest BCUT2D eigenvalue weighted by Crippen LogP contribution is -2.42. The highest BCUT2D eigenvalue weighted by Gasteiger charge is 2.11. The number of nitrogens with zero attached hydrogens (tertiary/aromatic N) is 1. The molecule has 0 saturated heterocycles. The van der Waals surface area contributed by atoms with Crippen LogP contribution in [0.5, 0.6) is 0 Å². The normalized spacial score (nSPS) is 10.3. The molecule has 0 unspecified atom stereocenters. The first kappa shape index (κ1) is 16.8. The molecule has 7 heteroatoms. The monoisotopic (exact) mass is 355 g/mol. The molecular formula is C18H14FN3O2S. The molecule has 3 aromatic rings. The van der Waals surface area contributed by atoms with Gasteiger partial charge in [0, 0.05) is 16.5 Å². The van der Waals surface area contributed by atoms with Crippen molar-refractivity contribution in [3.05, 3.63) is 77.1 Å². The van der Waals surface area contributed by atoms with E-state index in [4.69, 9.17) is 0 Å². The van der Waals surface area contributed by atoms with Crippen LogP contribution in [-0.2, 0) is 11.2 Å². The zero-order valence-electron chi connectivity index (χ0n) is 13.0. The lowest BCUT2D eigenvalue weighted by molar-refractivity contribution is -0.121. The average molecular weight is 355 g/mol. The van der Waals surface area contributed by atoms with E-state index in [9.17, 15) is 14.0 Å². The molecular weight excluding hydrogens is 341 g/mol. The van der Waals surface area contributed by atoms with Crippen LogP contribution in [0.25, 0.3) is 10.6 Å². The summed E-state index contributed by atoms with van der Waals surface area (Å²) < 4.78 is 12.8. The van der Waals surface area contributed by atoms with E-state index < -0.39 is 11.7 Å². The molecule has 0 aliphatic rings. The number of halogens is 1. The molecule has 0 spiro atoms. The second-order valence-corrected chi connectivity index (χ2v) is 6.05.